The third-order valence-electron chi connectivity index (χ3n) is 3.92. The van der Waals surface area contributed by atoms with E-state index in [4.69, 9.17) is 43.9 Å². The number of nitrogens with two attached hydrogens (primary N) is 6. The topological polar surface area (TPSA) is 277 Å². The summed E-state index contributed by atoms with van der Waals surface area (Å²) in [7, 11) is 0. The average molecular weight is 437 g/mol. The van der Waals surface area contributed by atoms with Gasteiger partial charge in [-0.15, -0.1) is 0 Å². The summed E-state index contributed by atoms with van der Waals surface area (Å²) in [5, 5.41) is 19.4. The monoisotopic (exact) mass is 436 g/mol. The summed E-state index contributed by atoms with van der Waals surface area (Å²) in [5.41, 5.74) is 32.4. The molecular formula is C16H36N8O6+2. The maximum atomic E-state index is 12.0. The lowest BCUT2D eigenvalue weighted by Crippen LogP contribution is -2.78. The van der Waals surface area contributed by atoms with Crippen LogP contribution in [-0.2, 0) is 19.1 Å². The smallest absolute Gasteiger partial charge is 0.338 e. The molecule has 0 fully saturated rings. The maximum Gasteiger partial charge on any atom is 0.338 e. The lowest BCUT2D eigenvalue weighted by atomic mass is 10.1. The number of aliphatic hydroxyl groups excluding tert-OH is 2. The summed E-state index contributed by atoms with van der Waals surface area (Å²) in [6, 6.07) is -1.90. The van der Waals surface area contributed by atoms with Crippen LogP contribution in [0.5, 0.6) is 0 Å². The lowest BCUT2D eigenvalue weighted by Gasteiger charge is -2.23. The Labute approximate surface area is 174 Å². The second-order valence-electron chi connectivity index (χ2n) is 6.62. The predicted octanol–water partition coefficient (Wildman–Crippen LogP) is -8.28. The van der Waals surface area contributed by atoms with Crippen LogP contribution in [0, 0.1) is 0 Å². The molecule has 0 heterocycles. The van der Waals surface area contributed by atoms with Crippen molar-refractivity contribution < 1.29 is 39.3 Å². The van der Waals surface area contributed by atoms with Crippen molar-refractivity contribution in [2.24, 2.45) is 34.4 Å². The Kier molecular flexibility index (Phi) is 13.8. The van der Waals surface area contributed by atoms with Crippen molar-refractivity contribution in [2.75, 3.05) is 26.3 Å². The van der Waals surface area contributed by atoms with Gasteiger partial charge in [0.2, 0.25) is 0 Å². The molecular weight excluding hydrogens is 400 g/mol. The van der Waals surface area contributed by atoms with Gasteiger partial charge in [-0.2, -0.15) is 0 Å². The molecule has 14 nitrogen and oxygen atoms in total. The Bertz CT molecular complexity index is 580. The first-order chi connectivity index (χ1) is 14.1. The molecule has 0 radical (unpaired) electrons. The summed E-state index contributed by atoms with van der Waals surface area (Å²) in [6.07, 6.45) is -1.21. The number of carbonyl (C=O) groups excluding carboxylic acids is 2. The molecule has 0 saturated carbocycles. The van der Waals surface area contributed by atoms with Gasteiger partial charge in [0, 0.05) is 0 Å². The zero-order chi connectivity index (χ0) is 23.1. The van der Waals surface area contributed by atoms with Crippen LogP contribution in [0.2, 0.25) is 0 Å². The summed E-state index contributed by atoms with van der Waals surface area (Å²) in [6.45, 7) is -0.355. The number of rotatable bonds is 15. The van der Waals surface area contributed by atoms with Crippen LogP contribution in [0.1, 0.15) is 25.7 Å². The van der Waals surface area contributed by atoms with Crippen LogP contribution in [0.4, 0.5) is 0 Å². The highest BCUT2D eigenvalue weighted by Crippen LogP contribution is 2.06. The van der Waals surface area contributed by atoms with Gasteiger partial charge in [-0.3, -0.25) is 42.5 Å². The van der Waals surface area contributed by atoms with Gasteiger partial charge in [-0.1, -0.05) is 0 Å². The maximum absolute atomic E-state index is 12.0. The number of guanidine groups is 2. The highest BCUT2D eigenvalue weighted by atomic mass is 16.6. The molecule has 16 N–H and O–H groups in total. The summed E-state index contributed by atoms with van der Waals surface area (Å²) in [5.74, 6) is -1.44. The average Bonchev–Trinajstić information content (AvgIpc) is 2.69. The summed E-state index contributed by atoms with van der Waals surface area (Å²) >= 11 is 0. The van der Waals surface area contributed by atoms with Crippen molar-refractivity contribution in [3.63, 3.8) is 0 Å². The molecule has 0 rings (SSSR count). The van der Waals surface area contributed by atoms with Crippen molar-refractivity contribution in [1.29, 1.82) is 0 Å². The fraction of sp³-hybridized carbons (Fsp3) is 0.750. The van der Waals surface area contributed by atoms with Crippen LogP contribution in [0.15, 0.2) is 0 Å². The molecule has 174 valence electrons. The van der Waals surface area contributed by atoms with Crippen LogP contribution in [0.25, 0.3) is 0 Å². The van der Waals surface area contributed by atoms with E-state index in [0.717, 1.165) is 0 Å². The minimum Gasteiger partial charge on any atom is -0.462 e. The highest BCUT2D eigenvalue weighted by Gasteiger charge is 2.27. The number of aliphatic hydroxyl groups is 2. The Morgan fingerprint density at radius 2 is 1.33 bits per heavy atom. The van der Waals surface area contributed by atoms with E-state index in [1.807, 2.05) is 0 Å². The van der Waals surface area contributed by atoms with Gasteiger partial charge < -0.3 is 31.2 Å². The number of ether oxygens (including phenoxy) is 2. The zero-order valence-corrected chi connectivity index (χ0v) is 17.0. The fourth-order valence-corrected chi connectivity index (χ4v) is 2.20. The standard InChI is InChI=1S/C16H34N8O6/c17-9(3-1-5-23-15(19)20)13(27)29-8-11(26)12(7-25)30-14(28)10(18)4-2-6-24-16(21)22/h9-12,25-26H,1-8,17-18H2,(H4,19,20,23)(H4,21,22,24)/p+2. The summed E-state index contributed by atoms with van der Waals surface area (Å²) < 4.78 is 9.91. The second kappa shape index (κ2) is 15.2. The first-order valence-electron chi connectivity index (χ1n) is 9.49. The van der Waals surface area contributed by atoms with Gasteiger partial charge in [-0.25, -0.2) is 0 Å². The third kappa shape index (κ3) is 12.7. The van der Waals surface area contributed by atoms with Crippen LogP contribution in [0.3, 0.4) is 0 Å². The first kappa shape index (κ1) is 27.3. The van der Waals surface area contributed by atoms with E-state index in [0.29, 0.717) is 32.4 Å². The molecule has 4 unspecified atom stereocenters. The van der Waals surface area contributed by atoms with Gasteiger partial charge in [0.05, 0.1) is 19.7 Å². The number of esters is 2. The molecule has 0 aliphatic carbocycles. The Balaban J connectivity index is 4.34. The normalized spacial score (nSPS) is 14.7. The minimum absolute atomic E-state index is 0.0549. The van der Waals surface area contributed by atoms with Gasteiger partial charge in [0.15, 0.2) is 6.10 Å². The molecule has 0 amide bonds. The molecule has 0 bridgehead atoms. The van der Waals surface area contributed by atoms with Crippen molar-refractivity contribution in [3.05, 3.63) is 0 Å². The number of nitrogens with one attached hydrogen (secondary N) is 2. The van der Waals surface area contributed by atoms with E-state index in [1.54, 1.807) is 0 Å². The van der Waals surface area contributed by atoms with E-state index >= 15 is 0 Å². The molecule has 0 aromatic heterocycles. The first-order valence-corrected chi connectivity index (χ1v) is 9.49. The second-order valence-corrected chi connectivity index (χ2v) is 6.62. The molecule has 0 spiro atoms. The van der Waals surface area contributed by atoms with Gasteiger partial charge in [0.1, 0.15) is 24.8 Å². The van der Waals surface area contributed by atoms with Gasteiger partial charge in [0.25, 0.3) is 0 Å². The molecule has 0 aromatic carbocycles. The van der Waals surface area contributed by atoms with E-state index in [-0.39, 0.29) is 18.3 Å². The SMILES string of the molecule is NC(N)=[NH+]CCCC(N)C(=O)OCC(O)C(CO)OC(=O)C(N)CCC[NH+]=C(N)N. The Morgan fingerprint density at radius 1 is 0.867 bits per heavy atom. The minimum atomic E-state index is -1.45. The lowest BCUT2D eigenvalue weighted by molar-refractivity contribution is -0.460. The molecule has 0 aliphatic rings. The van der Waals surface area contributed by atoms with E-state index < -0.39 is 49.4 Å². The molecule has 14 heteroatoms. The van der Waals surface area contributed by atoms with Crippen LogP contribution in [-0.4, -0.2) is 84.7 Å². The van der Waals surface area contributed by atoms with E-state index in [9.17, 15) is 19.8 Å². The Hall–Kier alpha value is -2.68. The Morgan fingerprint density at radius 3 is 1.77 bits per heavy atom. The number of carbonyl (C=O) groups is 2. The summed E-state index contributed by atoms with van der Waals surface area (Å²) in [4.78, 5) is 29.2. The molecule has 0 aromatic rings. The van der Waals surface area contributed by atoms with E-state index in [2.05, 4.69) is 9.98 Å². The van der Waals surface area contributed by atoms with Gasteiger partial charge >= 0.3 is 23.9 Å². The molecule has 0 saturated heterocycles. The third-order valence-corrected chi connectivity index (χ3v) is 3.92. The quantitative estimate of drug-likeness (QED) is 0.0495. The van der Waals surface area contributed by atoms with Crippen LogP contribution < -0.4 is 44.4 Å². The van der Waals surface area contributed by atoms with Crippen LogP contribution >= 0.6 is 0 Å². The molecule has 30 heavy (non-hydrogen) atoms. The number of hydrogen-bond donors (Lipinski definition) is 10. The van der Waals surface area contributed by atoms with Crippen molar-refractivity contribution in [3.8, 4) is 0 Å². The molecule has 4 atom stereocenters. The van der Waals surface area contributed by atoms with Crippen molar-refractivity contribution in [2.45, 2.75) is 50.0 Å². The van der Waals surface area contributed by atoms with Crippen molar-refractivity contribution >= 4 is 23.9 Å². The zero-order valence-electron chi connectivity index (χ0n) is 17.0. The largest absolute Gasteiger partial charge is 0.462 e. The van der Waals surface area contributed by atoms with Gasteiger partial charge in [-0.05, 0) is 25.7 Å². The number of hydrogen-bond acceptors (Lipinski definition) is 8. The fourth-order valence-electron chi connectivity index (χ4n) is 2.20. The predicted molar refractivity (Wildman–Crippen MR) is 107 cm³/mol. The van der Waals surface area contributed by atoms with E-state index in [1.165, 1.54) is 0 Å². The van der Waals surface area contributed by atoms with Crippen molar-refractivity contribution in [1.82, 2.24) is 0 Å². The molecule has 0 aliphatic heterocycles. The highest BCUT2D eigenvalue weighted by molar-refractivity contribution is 5.76.